The molecule has 19 heavy (non-hydrogen) atoms. The number of alkyl halides is 3. The van der Waals surface area contributed by atoms with E-state index < -0.39 is 18.0 Å². The maximum Gasteiger partial charge on any atom is 0.392 e. The van der Waals surface area contributed by atoms with Gasteiger partial charge in [-0.1, -0.05) is 12.8 Å². The molecular formula is C13H21F3N2O. The van der Waals surface area contributed by atoms with E-state index >= 15 is 0 Å². The first-order chi connectivity index (χ1) is 8.91. The Hall–Kier alpha value is -0.780. The van der Waals surface area contributed by atoms with Gasteiger partial charge in [0.05, 0.1) is 5.92 Å². The molecule has 3 nitrogen and oxygen atoms in total. The Morgan fingerprint density at radius 3 is 2.58 bits per heavy atom. The van der Waals surface area contributed by atoms with Gasteiger partial charge in [-0.25, -0.2) is 0 Å². The van der Waals surface area contributed by atoms with Gasteiger partial charge < -0.3 is 10.2 Å². The summed E-state index contributed by atoms with van der Waals surface area (Å²) in [6.45, 7) is 3.73. The van der Waals surface area contributed by atoms with Crippen molar-refractivity contribution < 1.29 is 18.0 Å². The van der Waals surface area contributed by atoms with Crippen LogP contribution in [-0.2, 0) is 4.79 Å². The summed E-state index contributed by atoms with van der Waals surface area (Å²) in [5.41, 5.74) is 0. The first-order valence-electron chi connectivity index (χ1n) is 6.99. The molecule has 1 saturated heterocycles. The van der Waals surface area contributed by atoms with Gasteiger partial charge in [0.25, 0.3) is 0 Å². The second kappa shape index (κ2) is 5.69. The molecule has 0 bridgehead atoms. The molecule has 0 aromatic carbocycles. The molecule has 0 aromatic heterocycles. The fourth-order valence-electron chi connectivity index (χ4n) is 3.20. The molecule has 3 atom stereocenters. The van der Waals surface area contributed by atoms with Gasteiger partial charge in [-0.15, -0.1) is 0 Å². The predicted molar refractivity (Wildman–Crippen MR) is 65.5 cm³/mol. The molecule has 1 aliphatic heterocycles. The minimum absolute atomic E-state index is 0.0166. The van der Waals surface area contributed by atoms with Crippen LogP contribution in [0.2, 0.25) is 0 Å². The van der Waals surface area contributed by atoms with Crippen LogP contribution in [0.4, 0.5) is 13.2 Å². The molecule has 1 saturated carbocycles. The molecule has 110 valence electrons. The summed E-state index contributed by atoms with van der Waals surface area (Å²) in [7, 11) is 0. The lowest BCUT2D eigenvalue weighted by Crippen LogP contribution is -2.55. The number of amides is 1. The Bertz CT molecular complexity index is 332. The van der Waals surface area contributed by atoms with Gasteiger partial charge in [0, 0.05) is 31.6 Å². The fraction of sp³-hybridized carbons (Fsp3) is 0.923. The topological polar surface area (TPSA) is 32.3 Å². The van der Waals surface area contributed by atoms with Gasteiger partial charge in [0.2, 0.25) is 5.91 Å². The highest BCUT2D eigenvalue weighted by molar-refractivity contribution is 5.79. The largest absolute Gasteiger partial charge is 0.392 e. The summed E-state index contributed by atoms with van der Waals surface area (Å²) in [5.74, 6) is -2.61. The number of nitrogens with zero attached hydrogens (tertiary/aromatic N) is 1. The van der Waals surface area contributed by atoms with E-state index in [-0.39, 0.29) is 18.4 Å². The zero-order chi connectivity index (χ0) is 14.0. The zero-order valence-electron chi connectivity index (χ0n) is 11.2. The van der Waals surface area contributed by atoms with Crippen LogP contribution in [0, 0.1) is 11.8 Å². The Morgan fingerprint density at radius 1 is 1.26 bits per heavy atom. The number of rotatable bonds is 1. The first-order valence-corrected chi connectivity index (χ1v) is 6.99. The van der Waals surface area contributed by atoms with E-state index in [1.807, 2.05) is 6.92 Å². The van der Waals surface area contributed by atoms with Gasteiger partial charge in [0.1, 0.15) is 0 Å². The van der Waals surface area contributed by atoms with Crippen LogP contribution in [0.3, 0.4) is 0 Å². The van der Waals surface area contributed by atoms with E-state index in [1.165, 1.54) is 0 Å². The average Bonchev–Trinajstić information content (AvgIpc) is 2.37. The number of hydrogen-bond donors (Lipinski definition) is 1. The molecule has 2 fully saturated rings. The Kier molecular flexibility index (Phi) is 4.38. The van der Waals surface area contributed by atoms with Gasteiger partial charge in [0.15, 0.2) is 0 Å². The SMILES string of the molecule is C[C@@H]1CNCCN1C(=O)C1CCCCC1C(F)(F)F. The maximum atomic E-state index is 13.0. The lowest BCUT2D eigenvalue weighted by molar-refractivity contribution is -0.201. The van der Waals surface area contributed by atoms with Crippen molar-refractivity contribution in [3.63, 3.8) is 0 Å². The molecule has 2 unspecified atom stereocenters. The third-order valence-electron chi connectivity index (χ3n) is 4.29. The molecule has 0 aromatic rings. The molecule has 1 heterocycles. The zero-order valence-corrected chi connectivity index (χ0v) is 11.2. The second-order valence-corrected chi connectivity index (χ2v) is 5.62. The molecule has 1 aliphatic carbocycles. The van der Waals surface area contributed by atoms with Crippen LogP contribution < -0.4 is 5.32 Å². The van der Waals surface area contributed by atoms with E-state index in [1.54, 1.807) is 4.90 Å². The molecule has 2 rings (SSSR count). The lowest BCUT2D eigenvalue weighted by atomic mass is 9.77. The van der Waals surface area contributed by atoms with Gasteiger partial charge >= 0.3 is 6.18 Å². The molecule has 1 amide bonds. The second-order valence-electron chi connectivity index (χ2n) is 5.62. The summed E-state index contributed by atoms with van der Waals surface area (Å²) < 4.78 is 39.1. The number of piperazine rings is 1. The lowest BCUT2D eigenvalue weighted by Gasteiger charge is -2.40. The average molecular weight is 278 g/mol. The van der Waals surface area contributed by atoms with Crippen molar-refractivity contribution in [2.75, 3.05) is 19.6 Å². The van der Waals surface area contributed by atoms with Crippen LogP contribution in [0.1, 0.15) is 32.6 Å². The normalized spacial score (nSPS) is 33.3. The van der Waals surface area contributed by atoms with Crippen LogP contribution in [-0.4, -0.2) is 42.7 Å². The number of nitrogens with one attached hydrogen (secondary N) is 1. The van der Waals surface area contributed by atoms with E-state index in [2.05, 4.69) is 5.32 Å². The van der Waals surface area contributed by atoms with Crippen LogP contribution in [0.5, 0.6) is 0 Å². The van der Waals surface area contributed by atoms with Crippen molar-refractivity contribution in [3.8, 4) is 0 Å². The van der Waals surface area contributed by atoms with Crippen molar-refractivity contribution in [2.45, 2.75) is 44.8 Å². The smallest absolute Gasteiger partial charge is 0.337 e. The number of hydrogen-bond acceptors (Lipinski definition) is 2. The summed E-state index contributed by atoms with van der Waals surface area (Å²) in [6.07, 6.45) is -2.48. The van der Waals surface area contributed by atoms with Gasteiger partial charge in [-0.3, -0.25) is 4.79 Å². The standard InChI is InChI=1S/C13H21F3N2O/c1-9-8-17-6-7-18(9)12(19)10-4-2-3-5-11(10)13(14,15)16/h9-11,17H,2-8H2,1H3/t9-,10?,11?/m1/s1. The summed E-state index contributed by atoms with van der Waals surface area (Å²) in [5, 5.41) is 3.15. The van der Waals surface area contributed by atoms with Crippen LogP contribution in [0.15, 0.2) is 0 Å². The summed E-state index contributed by atoms with van der Waals surface area (Å²) in [6, 6.07) is -0.0166. The Labute approximate surface area is 111 Å². The van der Waals surface area contributed by atoms with E-state index in [0.29, 0.717) is 32.5 Å². The van der Waals surface area contributed by atoms with Crippen molar-refractivity contribution in [1.82, 2.24) is 10.2 Å². The quantitative estimate of drug-likeness (QED) is 0.797. The first kappa shape index (κ1) is 14.6. The molecule has 6 heteroatoms. The number of carbonyl (C=O) groups is 1. The highest BCUT2D eigenvalue weighted by atomic mass is 19.4. The third-order valence-corrected chi connectivity index (χ3v) is 4.29. The van der Waals surface area contributed by atoms with E-state index in [4.69, 9.17) is 0 Å². The molecule has 0 radical (unpaired) electrons. The van der Waals surface area contributed by atoms with E-state index in [9.17, 15) is 18.0 Å². The minimum Gasteiger partial charge on any atom is -0.337 e. The van der Waals surface area contributed by atoms with Crippen LogP contribution >= 0.6 is 0 Å². The highest BCUT2D eigenvalue weighted by Crippen LogP contribution is 2.42. The van der Waals surface area contributed by atoms with Gasteiger partial charge in [-0.05, 0) is 19.8 Å². The summed E-state index contributed by atoms with van der Waals surface area (Å²) in [4.78, 5) is 14.0. The maximum absolute atomic E-state index is 13.0. The van der Waals surface area contributed by atoms with Crippen LogP contribution in [0.25, 0.3) is 0 Å². The van der Waals surface area contributed by atoms with Gasteiger partial charge in [-0.2, -0.15) is 13.2 Å². The van der Waals surface area contributed by atoms with Crippen molar-refractivity contribution >= 4 is 5.91 Å². The van der Waals surface area contributed by atoms with E-state index in [0.717, 1.165) is 6.42 Å². The fourth-order valence-corrected chi connectivity index (χ4v) is 3.20. The molecule has 1 N–H and O–H groups in total. The van der Waals surface area contributed by atoms with Crippen molar-refractivity contribution in [2.24, 2.45) is 11.8 Å². The number of carbonyl (C=O) groups excluding carboxylic acids is 1. The van der Waals surface area contributed by atoms with Crippen molar-refractivity contribution in [3.05, 3.63) is 0 Å². The minimum atomic E-state index is -4.25. The Morgan fingerprint density at radius 2 is 1.95 bits per heavy atom. The Balaban J connectivity index is 2.11. The third kappa shape index (κ3) is 3.22. The summed E-state index contributed by atoms with van der Waals surface area (Å²) >= 11 is 0. The molecule has 0 spiro atoms. The molecular weight excluding hydrogens is 257 g/mol. The molecule has 2 aliphatic rings. The predicted octanol–water partition coefficient (Wildman–Crippen LogP) is 2.18. The number of halogens is 3. The van der Waals surface area contributed by atoms with Crippen molar-refractivity contribution in [1.29, 1.82) is 0 Å². The monoisotopic (exact) mass is 278 g/mol. The highest BCUT2D eigenvalue weighted by Gasteiger charge is 2.49.